The molecule has 0 fully saturated rings. The summed E-state index contributed by atoms with van der Waals surface area (Å²) < 4.78 is 7.74. The van der Waals surface area contributed by atoms with Crippen LogP contribution in [0.1, 0.15) is 31.2 Å². The summed E-state index contributed by atoms with van der Waals surface area (Å²) in [5.41, 5.74) is 1.08. The van der Waals surface area contributed by atoms with Crippen molar-refractivity contribution in [3.05, 3.63) is 34.5 Å². The molecule has 0 aliphatic carbocycles. The minimum absolute atomic E-state index is 0.321. The highest BCUT2D eigenvalue weighted by atomic mass is 32.1. The molecule has 0 bridgehead atoms. The van der Waals surface area contributed by atoms with Gasteiger partial charge >= 0.3 is 0 Å². The van der Waals surface area contributed by atoms with Crippen LogP contribution in [0.3, 0.4) is 0 Å². The molecule has 0 unspecified atom stereocenters. The summed E-state index contributed by atoms with van der Waals surface area (Å²) in [6.45, 7) is 4.85. The molecule has 0 aliphatic heterocycles. The highest BCUT2D eigenvalue weighted by molar-refractivity contribution is 7.71. The predicted molar refractivity (Wildman–Crippen MR) is 71.4 cm³/mol. The number of hydrogen-bond acceptors (Lipinski definition) is 4. The van der Waals surface area contributed by atoms with E-state index in [1.165, 1.54) is 0 Å². The lowest BCUT2D eigenvalue weighted by Crippen LogP contribution is -2.07. The van der Waals surface area contributed by atoms with Crippen molar-refractivity contribution in [2.45, 2.75) is 26.3 Å². The van der Waals surface area contributed by atoms with Crippen molar-refractivity contribution in [1.29, 1.82) is 0 Å². The molecule has 2 heterocycles. The van der Waals surface area contributed by atoms with Crippen LogP contribution in [0, 0.1) is 4.77 Å². The van der Waals surface area contributed by atoms with Gasteiger partial charge < -0.3 is 4.74 Å². The van der Waals surface area contributed by atoms with E-state index in [2.05, 4.69) is 29.0 Å². The van der Waals surface area contributed by atoms with Gasteiger partial charge in [0.1, 0.15) is 5.82 Å². The first-order valence-corrected chi connectivity index (χ1v) is 6.16. The van der Waals surface area contributed by atoms with Crippen molar-refractivity contribution in [2.75, 3.05) is 7.11 Å². The number of aromatic nitrogens is 4. The van der Waals surface area contributed by atoms with Gasteiger partial charge in [0.2, 0.25) is 5.88 Å². The van der Waals surface area contributed by atoms with E-state index >= 15 is 0 Å². The van der Waals surface area contributed by atoms with E-state index in [0.29, 0.717) is 23.1 Å². The number of aromatic amines is 1. The van der Waals surface area contributed by atoms with Crippen LogP contribution in [0.25, 0.3) is 0 Å². The Hall–Kier alpha value is -1.69. The van der Waals surface area contributed by atoms with Crippen molar-refractivity contribution < 1.29 is 4.74 Å². The number of nitrogens with zero attached hydrogens (tertiary/aromatic N) is 3. The third-order valence-corrected chi connectivity index (χ3v) is 2.96. The summed E-state index contributed by atoms with van der Waals surface area (Å²) in [5, 5.41) is 7.09. The van der Waals surface area contributed by atoms with E-state index in [0.717, 1.165) is 11.4 Å². The van der Waals surface area contributed by atoms with E-state index in [4.69, 9.17) is 17.0 Å². The van der Waals surface area contributed by atoms with Crippen LogP contribution < -0.4 is 4.74 Å². The zero-order valence-electron chi connectivity index (χ0n) is 10.7. The fourth-order valence-electron chi connectivity index (χ4n) is 1.77. The zero-order valence-corrected chi connectivity index (χ0v) is 11.5. The second-order valence-corrected chi connectivity index (χ2v) is 4.72. The van der Waals surface area contributed by atoms with Crippen LogP contribution in [0.4, 0.5) is 0 Å². The molecule has 0 saturated carbocycles. The lowest BCUT2D eigenvalue weighted by atomic mass is 10.2. The number of nitrogens with one attached hydrogen (secondary N) is 1. The molecule has 0 spiro atoms. The second-order valence-electron chi connectivity index (χ2n) is 4.33. The van der Waals surface area contributed by atoms with Crippen molar-refractivity contribution in [3.63, 3.8) is 0 Å². The van der Waals surface area contributed by atoms with Crippen molar-refractivity contribution in [1.82, 2.24) is 19.7 Å². The van der Waals surface area contributed by atoms with Gasteiger partial charge in [-0.05, 0) is 23.8 Å². The minimum Gasteiger partial charge on any atom is -0.481 e. The largest absolute Gasteiger partial charge is 0.481 e. The van der Waals surface area contributed by atoms with Crippen molar-refractivity contribution in [2.24, 2.45) is 0 Å². The average Bonchev–Trinajstić information content (AvgIpc) is 2.71. The molecule has 0 saturated heterocycles. The van der Waals surface area contributed by atoms with Crippen LogP contribution >= 0.6 is 12.2 Å². The average molecular weight is 264 g/mol. The van der Waals surface area contributed by atoms with Gasteiger partial charge in [0.25, 0.3) is 0 Å². The smallest absolute Gasteiger partial charge is 0.213 e. The second kappa shape index (κ2) is 5.30. The monoisotopic (exact) mass is 264 g/mol. The van der Waals surface area contributed by atoms with E-state index in [1.54, 1.807) is 13.3 Å². The molecule has 96 valence electrons. The van der Waals surface area contributed by atoms with Gasteiger partial charge in [-0.3, -0.25) is 9.67 Å². The van der Waals surface area contributed by atoms with E-state index < -0.39 is 0 Å². The Kier molecular flexibility index (Phi) is 3.76. The Labute approximate surface area is 111 Å². The molecule has 2 rings (SSSR count). The normalized spacial score (nSPS) is 10.9. The molecular formula is C12H16N4OS. The molecule has 6 heteroatoms. The van der Waals surface area contributed by atoms with Crippen LogP contribution in [0.2, 0.25) is 0 Å². The van der Waals surface area contributed by atoms with Crippen LogP contribution in [0.15, 0.2) is 18.3 Å². The quantitative estimate of drug-likeness (QED) is 0.862. The molecule has 0 amide bonds. The lowest BCUT2D eigenvalue weighted by molar-refractivity contribution is 0.397. The zero-order chi connectivity index (χ0) is 13.1. The number of ether oxygens (including phenoxy) is 1. The maximum atomic E-state index is 5.25. The molecule has 2 aromatic rings. The summed E-state index contributed by atoms with van der Waals surface area (Å²) in [4.78, 5) is 4.09. The maximum Gasteiger partial charge on any atom is 0.213 e. The molecule has 2 aromatic heterocycles. The highest BCUT2D eigenvalue weighted by Crippen LogP contribution is 2.15. The van der Waals surface area contributed by atoms with Gasteiger partial charge in [-0.1, -0.05) is 13.8 Å². The van der Waals surface area contributed by atoms with Gasteiger partial charge in [-0.2, -0.15) is 5.10 Å². The van der Waals surface area contributed by atoms with E-state index in [9.17, 15) is 0 Å². The van der Waals surface area contributed by atoms with Gasteiger partial charge in [-0.25, -0.2) is 4.98 Å². The predicted octanol–water partition coefficient (Wildman–Crippen LogP) is 2.52. The van der Waals surface area contributed by atoms with Crippen molar-refractivity contribution in [3.8, 4) is 5.88 Å². The summed E-state index contributed by atoms with van der Waals surface area (Å²) in [5.74, 6) is 1.88. The maximum absolute atomic E-state index is 5.25. The first kappa shape index (κ1) is 12.8. The summed E-state index contributed by atoms with van der Waals surface area (Å²) in [6.07, 6.45) is 1.73. The molecule has 0 radical (unpaired) electrons. The third kappa shape index (κ3) is 2.59. The molecular weight excluding hydrogens is 248 g/mol. The number of rotatable bonds is 4. The number of hydrogen-bond donors (Lipinski definition) is 1. The molecule has 0 atom stereocenters. The summed E-state index contributed by atoms with van der Waals surface area (Å²) in [7, 11) is 1.61. The standard InChI is InChI=1S/C12H16N4OS/c1-8(2)11-14-15-12(18)16(11)7-9-4-5-13-10(6-9)17-3/h4-6,8H,7H2,1-3H3,(H,15,18). The number of H-pyrrole nitrogens is 1. The Bertz CT molecular complexity index is 588. The Morgan fingerprint density at radius 1 is 1.50 bits per heavy atom. The van der Waals surface area contributed by atoms with Gasteiger partial charge in [-0.15, -0.1) is 0 Å². The Morgan fingerprint density at radius 3 is 2.94 bits per heavy atom. The Balaban J connectivity index is 2.33. The molecule has 0 aromatic carbocycles. The Morgan fingerprint density at radius 2 is 2.28 bits per heavy atom. The lowest BCUT2D eigenvalue weighted by Gasteiger charge is -2.09. The number of methoxy groups -OCH3 is 1. The topological polar surface area (TPSA) is 55.7 Å². The van der Waals surface area contributed by atoms with Crippen LogP contribution in [-0.4, -0.2) is 26.9 Å². The molecule has 5 nitrogen and oxygen atoms in total. The fourth-order valence-corrected chi connectivity index (χ4v) is 1.97. The molecule has 18 heavy (non-hydrogen) atoms. The number of pyridine rings is 1. The highest BCUT2D eigenvalue weighted by Gasteiger charge is 2.10. The SMILES string of the molecule is COc1cc(Cn2c(C(C)C)n[nH]c2=S)ccn1. The summed E-state index contributed by atoms with van der Waals surface area (Å²) in [6, 6.07) is 3.85. The van der Waals surface area contributed by atoms with Crippen molar-refractivity contribution >= 4 is 12.2 Å². The first-order chi connectivity index (χ1) is 8.61. The molecule has 0 aliphatic rings. The van der Waals surface area contributed by atoms with Gasteiger partial charge in [0.05, 0.1) is 13.7 Å². The van der Waals surface area contributed by atoms with E-state index in [1.807, 2.05) is 16.7 Å². The fraction of sp³-hybridized carbons (Fsp3) is 0.417. The third-order valence-electron chi connectivity index (χ3n) is 2.65. The van der Waals surface area contributed by atoms with Crippen LogP contribution in [-0.2, 0) is 6.54 Å². The van der Waals surface area contributed by atoms with Crippen LogP contribution in [0.5, 0.6) is 5.88 Å². The first-order valence-electron chi connectivity index (χ1n) is 5.76. The summed E-state index contributed by atoms with van der Waals surface area (Å²) >= 11 is 5.25. The van der Waals surface area contributed by atoms with Gasteiger partial charge in [0.15, 0.2) is 4.77 Å². The van der Waals surface area contributed by atoms with E-state index in [-0.39, 0.29) is 0 Å². The minimum atomic E-state index is 0.321. The van der Waals surface area contributed by atoms with Gasteiger partial charge in [0, 0.05) is 18.2 Å². The molecule has 1 N–H and O–H groups in total.